The van der Waals surface area contributed by atoms with Crippen LogP contribution in [0, 0.1) is 0 Å². The molecule has 0 bridgehead atoms. The second-order valence-electron chi connectivity index (χ2n) is 3.22. The summed E-state index contributed by atoms with van der Waals surface area (Å²) in [5.41, 5.74) is 0.363. The molecule has 1 unspecified atom stereocenters. The summed E-state index contributed by atoms with van der Waals surface area (Å²) in [7, 11) is 0. The quantitative estimate of drug-likeness (QED) is 0.631. The Morgan fingerprint density at radius 3 is 2.88 bits per heavy atom. The maximum Gasteiger partial charge on any atom is 0.255 e. The summed E-state index contributed by atoms with van der Waals surface area (Å²) in [5, 5.41) is 13.5. The predicted octanol–water partition coefficient (Wildman–Crippen LogP) is -0.494. The van der Waals surface area contributed by atoms with Crippen LogP contribution in [-0.4, -0.2) is 36.1 Å². The van der Waals surface area contributed by atoms with Gasteiger partial charge in [0.1, 0.15) is 12.3 Å². The summed E-state index contributed by atoms with van der Waals surface area (Å²) in [6, 6.07) is 0.849. The largest absolute Gasteiger partial charge is 0.472 e. The molecule has 0 radical (unpaired) electrons. The van der Waals surface area contributed by atoms with Gasteiger partial charge in [-0.2, -0.15) is 0 Å². The van der Waals surface area contributed by atoms with Gasteiger partial charge in [0.15, 0.2) is 0 Å². The molecule has 1 aromatic rings. The van der Waals surface area contributed by atoms with Gasteiger partial charge in [-0.15, -0.1) is 0 Å². The van der Waals surface area contributed by atoms with E-state index in [-0.39, 0.29) is 25.0 Å². The Hall–Kier alpha value is -1.82. The molecule has 0 aliphatic carbocycles. The van der Waals surface area contributed by atoms with Gasteiger partial charge in [-0.25, -0.2) is 0 Å². The highest BCUT2D eigenvalue weighted by Crippen LogP contribution is 1.99. The third-order valence-corrected chi connectivity index (χ3v) is 1.94. The van der Waals surface area contributed by atoms with Crippen molar-refractivity contribution in [1.29, 1.82) is 0 Å². The van der Waals surface area contributed by atoms with E-state index in [2.05, 4.69) is 10.6 Å². The average Bonchev–Trinajstić information content (AvgIpc) is 2.79. The van der Waals surface area contributed by atoms with Gasteiger partial charge in [-0.1, -0.05) is 0 Å². The van der Waals surface area contributed by atoms with Gasteiger partial charge in [-0.3, -0.25) is 9.59 Å². The minimum absolute atomic E-state index is 0.131. The number of nitrogens with one attached hydrogen (secondary N) is 2. The van der Waals surface area contributed by atoms with E-state index in [1.165, 1.54) is 18.6 Å². The molecular formula is C10H14N2O4. The third kappa shape index (κ3) is 3.39. The van der Waals surface area contributed by atoms with E-state index < -0.39 is 6.04 Å². The maximum absolute atomic E-state index is 11.5. The highest BCUT2D eigenvalue weighted by molar-refractivity contribution is 5.97. The van der Waals surface area contributed by atoms with E-state index in [0.29, 0.717) is 5.56 Å². The molecular weight excluding hydrogens is 212 g/mol. The maximum atomic E-state index is 11.5. The predicted molar refractivity (Wildman–Crippen MR) is 55.7 cm³/mol. The second-order valence-corrected chi connectivity index (χ2v) is 3.22. The van der Waals surface area contributed by atoms with Gasteiger partial charge >= 0.3 is 0 Å². The molecule has 6 nitrogen and oxygen atoms in total. The molecule has 88 valence electrons. The first-order valence-electron chi connectivity index (χ1n) is 4.86. The number of aliphatic hydroxyl groups is 1. The van der Waals surface area contributed by atoms with E-state index in [4.69, 9.17) is 9.52 Å². The number of carbonyl (C=O) groups excluding carboxylic acids is 2. The molecule has 1 aromatic heterocycles. The van der Waals surface area contributed by atoms with Gasteiger partial charge in [0.25, 0.3) is 5.91 Å². The van der Waals surface area contributed by atoms with Gasteiger partial charge in [0.05, 0.1) is 18.4 Å². The van der Waals surface area contributed by atoms with Crippen LogP contribution in [0.1, 0.15) is 17.3 Å². The van der Waals surface area contributed by atoms with Gasteiger partial charge in [0, 0.05) is 6.54 Å². The van der Waals surface area contributed by atoms with Crippen molar-refractivity contribution in [1.82, 2.24) is 10.6 Å². The second kappa shape index (κ2) is 5.92. The highest BCUT2D eigenvalue weighted by Gasteiger charge is 2.16. The van der Waals surface area contributed by atoms with Crippen molar-refractivity contribution >= 4 is 11.8 Å². The number of furan rings is 1. The van der Waals surface area contributed by atoms with Crippen LogP contribution < -0.4 is 10.6 Å². The zero-order chi connectivity index (χ0) is 12.0. The fourth-order valence-corrected chi connectivity index (χ4v) is 1.07. The van der Waals surface area contributed by atoms with E-state index in [1.807, 2.05) is 0 Å². The minimum atomic E-state index is -0.658. The molecule has 2 amide bonds. The van der Waals surface area contributed by atoms with Crippen LogP contribution in [0.3, 0.4) is 0 Å². The molecule has 3 N–H and O–H groups in total. The first-order chi connectivity index (χ1) is 7.65. The van der Waals surface area contributed by atoms with Crippen LogP contribution in [0.5, 0.6) is 0 Å². The van der Waals surface area contributed by atoms with E-state index in [1.54, 1.807) is 6.92 Å². The molecule has 0 aliphatic rings. The molecule has 1 heterocycles. The zero-order valence-corrected chi connectivity index (χ0v) is 8.90. The summed E-state index contributed by atoms with van der Waals surface area (Å²) in [4.78, 5) is 22.8. The third-order valence-electron chi connectivity index (χ3n) is 1.94. The molecule has 0 aromatic carbocycles. The minimum Gasteiger partial charge on any atom is -0.472 e. The van der Waals surface area contributed by atoms with Crippen molar-refractivity contribution in [3.63, 3.8) is 0 Å². The molecule has 6 heteroatoms. The fraction of sp³-hybridized carbons (Fsp3) is 0.400. The van der Waals surface area contributed by atoms with E-state index in [0.717, 1.165) is 0 Å². The molecule has 0 spiro atoms. The molecule has 16 heavy (non-hydrogen) atoms. The fourth-order valence-electron chi connectivity index (χ4n) is 1.07. The Bertz CT molecular complexity index is 348. The van der Waals surface area contributed by atoms with Crippen molar-refractivity contribution in [3.05, 3.63) is 24.2 Å². The standard InChI is InChI=1S/C10H14N2O4/c1-7(9(14)11-3-4-13)12-10(15)8-2-5-16-6-8/h2,5-7,13H,3-4H2,1H3,(H,11,14)(H,12,15). The lowest BCUT2D eigenvalue weighted by Crippen LogP contribution is -2.45. The highest BCUT2D eigenvalue weighted by atomic mass is 16.3. The average molecular weight is 226 g/mol. The molecule has 0 saturated carbocycles. The van der Waals surface area contributed by atoms with Gasteiger partial charge < -0.3 is 20.2 Å². The van der Waals surface area contributed by atoms with Crippen LogP contribution in [0.4, 0.5) is 0 Å². The van der Waals surface area contributed by atoms with Crippen LogP contribution >= 0.6 is 0 Å². The SMILES string of the molecule is CC(NC(=O)c1ccoc1)C(=O)NCCO. The number of aliphatic hydroxyl groups excluding tert-OH is 1. The first-order valence-corrected chi connectivity index (χ1v) is 4.86. The van der Waals surface area contributed by atoms with Crippen molar-refractivity contribution in [2.75, 3.05) is 13.2 Å². The van der Waals surface area contributed by atoms with Gasteiger partial charge in [-0.05, 0) is 13.0 Å². The molecule has 0 saturated heterocycles. The lowest BCUT2D eigenvalue weighted by atomic mass is 10.2. The Labute approximate surface area is 92.6 Å². The lowest BCUT2D eigenvalue weighted by Gasteiger charge is -2.12. The Morgan fingerprint density at radius 2 is 2.31 bits per heavy atom. The Kier molecular flexibility index (Phi) is 4.53. The summed E-state index contributed by atoms with van der Waals surface area (Å²) in [6.45, 7) is 1.60. The molecule has 1 atom stereocenters. The monoisotopic (exact) mass is 226 g/mol. The summed E-state index contributed by atoms with van der Waals surface area (Å²) in [6.07, 6.45) is 2.68. The van der Waals surface area contributed by atoms with Crippen LogP contribution in [0.25, 0.3) is 0 Å². The van der Waals surface area contributed by atoms with Crippen LogP contribution in [0.15, 0.2) is 23.0 Å². The number of amides is 2. The summed E-state index contributed by atoms with van der Waals surface area (Å²) in [5.74, 6) is -0.716. The smallest absolute Gasteiger partial charge is 0.255 e. The molecule has 1 rings (SSSR count). The van der Waals surface area contributed by atoms with Crippen molar-refractivity contribution < 1.29 is 19.1 Å². The number of hydrogen-bond acceptors (Lipinski definition) is 4. The summed E-state index contributed by atoms with van der Waals surface area (Å²) >= 11 is 0. The van der Waals surface area contributed by atoms with Crippen LogP contribution in [-0.2, 0) is 4.79 Å². The topological polar surface area (TPSA) is 91.6 Å². The first kappa shape index (κ1) is 12.3. The van der Waals surface area contributed by atoms with Crippen molar-refractivity contribution in [2.24, 2.45) is 0 Å². The van der Waals surface area contributed by atoms with Crippen molar-refractivity contribution in [3.8, 4) is 0 Å². The molecule has 0 fully saturated rings. The summed E-state index contributed by atoms with van der Waals surface area (Å²) < 4.78 is 4.75. The number of carbonyl (C=O) groups is 2. The number of rotatable bonds is 5. The Morgan fingerprint density at radius 1 is 1.56 bits per heavy atom. The number of hydrogen-bond donors (Lipinski definition) is 3. The van der Waals surface area contributed by atoms with Gasteiger partial charge in [0.2, 0.25) is 5.91 Å². The Balaban J connectivity index is 2.42. The van der Waals surface area contributed by atoms with E-state index >= 15 is 0 Å². The normalized spacial score (nSPS) is 11.9. The zero-order valence-electron chi connectivity index (χ0n) is 8.90. The van der Waals surface area contributed by atoms with Crippen molar-refractivity contribution in [2.45, 2.75) is 13.0 Å². The lowest BCUT2D eigenvalue weighted by molar-refractivity contribution is -0.122. The van der Waals surface area contributed by atoms with E-state index in [9.17, 15) is 9.59 Å². The molecule has 0 aliphatic heterocycles. The van der Waals surface area contributed by atoms with Crippen LogP contribution in [0.2, 0.25) is 0 Å².